The molecule has 0 unspecified atom stereocenters. The number of nitrogens with zero attached hydrogens (tertiary/aromatic N) is 1. The van der Waals surface area contributed by atoms with Gasteiger partial charge in [0, 0.05) is 13.1 Å². The van der Waals surface area contributed by atoms with Crippen molar-refractivity contribution in [3.8, 4) is 0 Å². The summed E-state index contributed by atoms with van der Waals surface area (Å²) in [6.07, 6.45) is 0.772. The van der Waals surface area contributed by atoms with Crippen LogP contribution < -0.4 is 4.72 Å². The SMILES string of the molecule is O=C(C[C@H]1CC[C@@H](NS(=O)(=O)c2ccc(F)cc2)[C@@H](CO)O1)N1CCc2ccccc2C1. The minimum atomic E-state index is -3.89. The molecule has 3 atom stereocenters. The smallest absolute Gasteiger partial charge is 0.240 e. The van der Waals surface area contributed by atoms with Gasteiger partial charge in [0.25, 0.3) is 0 Å². The highest BCUT2D eigenvalue weighted by atomic mass is 32.2. The van der Waals surface area contributed by atoms with Crippen LogP contribution in [0.1, 0.15) is 30.4 Å². The first-order valence-corrected chi connectivity index (χ1v) is 12.2. The van der Waals surface area contributed by atoms with E-state index in [1.165, 1.54) is 17.7 Å². The molecule has 2 aliphatic heterocycles. The zero-order valence-electron chi connectivity index (χ0n) is 17.6. The van der Waals surface area contributed by atoms with Crippen molar-refractivity contribution in [1.29, 1.82) is 0 Å². The Hall–Kier alpha value is -2.33. The van der Waals surface area contributed by atoms with E-state index in [0.29, 0.717) is 25.9 Å². The first-order chi connectivity index (χ1) is 15.4. The molecule has 1 amide bonds. The minimum Gasteiger partial charge on any atom is -0.394 e. The topological polar surface area (TPSA) is 95.9 Å². The molecule has 2 aromatic rings. The number of benzene rings is 2. The molecule has 9 heteroatoms. The molecule has 2 heterocycles. The maximum atomic E-state index is 13.1. The molecule has 0 spiro atoms. The van der Waals surface area contributed by atoms with Crippen LogP contribution in [0.4, 0.5) is 4.39 Å². The fourth-order valence-corrected chi connectivity index (χ4v) is 5.63. The summed E-state index contributed by atoms with van der Waals surface area (Å²) >= 11 is 0. The molecule has 2 aliphatic rings. The first-order valence-electron chi connectivity index (χ1n) is 10.7. The lowest BCUT2D eigenvalue weighted by molar-refractivity contribution is -0.140. The summed E-state index contributed by atoms with van der Waals surface area (Å²) in [7, 11) is -3.89. The summed E-state index contributed by atoms with van der Waals surface area (Å²) in [4.78, 5) is 14.6. The van der Waals surface area contributed by atoms with Gasteiger partial charge in [-0.3, -0.25) is 4.79 Å². The van der Waals surface area contributed by atoms with Crippen LogP contribution in [0.3, 0.4) is 0 Å². The molecular weight excluding hydrogens is 435 g/mol. The first kappa shape index (κ1) is 22.8. The maximum Gasteiger partial charge on any atom is 0.240 e. The van der Waals surface area contributed by atoms with Crippen LogP contribution in [0.5, 0.6) is 0 Å². The van der Waals surface area contributed by atoms with Gasteiger partial charge >= 0.3 is 0 Å². The van der Waals surface area contributed by atoms with Gasteiger partial charge in [-0.25, -0.2) is 17.5 Å². The molecule has 0 radical (unpaired) electrons. The van der Waals surface area contributed by atoms with Gasteiger partial charge < -0.3 is 14.7 Å². The van der Waals surface area contributed by atoms with E-state index in [0.717, 1.165) is 24.1 Å². The molecule has 0 aliphatic carbocycles. The number of hydrogen-bond donors (Lipinski definition) is 2. The second kappa shape index (κ2) is 9.66. The number of fused-ring (bicyclic) bond motifs is 1. The molecule has 7 nitrogen and oxygen atoms in total. The standard InChI is InChI=1S/C23H27FN2O5S/c24-18-5-8-20(9-6-18)32(29,30)25-21-10-7-19(31-22(21)15-27)13-23(28)26-12-11-16-3-1-2-4-17(16)14-26/h1-6,8-9,19,21-22,25,27H,7,10-15H2/t19-,21-,22-/m1/s1. The van der Waals surface area contributed by atoms with Crippen molar-refractivity contribution in [1.82, 2.24) is 9.62 Å². The van der Waals surface area contributed by atoms with E-state index in [1.807, 2.05) is 23.1 Å². The van der Waals surface area contributed by atoms with Gasteiger partial charge in [-0.05, 0) is 54.7 Å². The quantitative estimate of drug-likeness (QED) is 0.685. The van der Waals surface area contributed by atoms with Crippen molar-refractivity contribution < 1.29 is 27.4 Å². The van der Waals surface area contributed by atoms with Crippen molar-refractivity contribution in [2.24, 2.45) is 0 Å². The molecule has 1 saturated heterocycles. The second-order valence-corrected chi connectivity index (χ2v) is 9.99. The Morgan fingerprint density at radius 3 is 2.56 bits per heavy atom. The Kier molecular flexibility index (Phi) is 6.90. The number of halogens is 1. The second-order valence-electron chi connectivity index (χ2n) is 8.28. The number of carbonyl (C=O) groups excluding carboxylic acids is 1. The number of rotatable bonds is 6. The number of sulfonamides is 1. The van der Waals surface area contributed by atoms with Crippen molar-refractivity contribution >= 4 is 15.9 Å². The lowest BCUT2D eigenvalue weighted by Crippen LogP contribution is -2.51. The van der Waals surface area contributed by atoms with Crippen LogP contribution in [-0.2, 0) is 32.5 Å². The van der Waals surface area contributed by atoms with Crippen molar-refractivity contribution in [3.05, 3.63) is 65.5 Å². The molecule has 172 valence electrons. The zero-order chi connectivity index (χ0) is 22.7. The molecule has 0 aromatic heterocycles. The summed E-state index contributed by atoms with van der Waals surface area (Å²) in [5, 5.41) is 9.77. The lowest BCUT2D eigenvalue weighted by Gasteiger charge is -2.37. The van der Waals surface area contributed by atoms with E-state index in [-0.39, 0.29) is 29.9 Å². The lowest BCUT2D eigenvalue weighted by atomic mass is 9.96. The summed E-state index contributed by atoms with van der Waals surface area (Å²) in [6, 6.07) is 12.0. The molecule has 0 saturated carbocycles. The Bertz CT molecular complexity index is 1060. The van der Waals surface area contributed by atoms with Crippen molar-refractivity contribution in [2.45, 2.75) is 55.4 Å². The van der Waals surface area contributed by atoms with Gasteiger partial charge in [0.1, 0.15) is 5.82 Å². The van der Waals surface area contributed by atoms with E-state index in [1.54, 1.807) is 0 Å². The Labute approximate surface area is 187 Å². The van der Waals surface area contributed by atoms with Gasteiger partial charge in [0.15, 0.2) is 0 Å². The van der Waals surface area contributed by atoms with E-state index < -0.39 is 28.0 Å². The Morgan fingerprint density at radius 1 is 1.12 bits per heavy atom. The van der Waals surface area contributed by atoms with Gasteiger partial charge in [0.05, 0.1) is 36.2 Å². The third kappa shape index (κ3) is 5.17. The average Bonchev–Trinajstić information content (AvgIpc) is 2.79. The van der Waals surface area contributed by atoms with Gasteiger partial charge in [-0.1, -0.05) is 24.3 Å². The predicted octanol–water partition coefficient (Wildman–Crippen LogP) is 1.99. The fraction of sp³-hybridized carbons (Fsp3) is 0.435. The number of nitrogens with one attached hydrogen (secondary N) is 1. The van der Waals surface area contributed by atoms with Crippen LogP contribution in [-0.4, -0.2) is 55.7 Å². The fourth-order valence-electron chi connectivity index (χ4n) is 4.33. The third-order valence-corrected chi connectivity index (χ3v) is 7.62. The molecule has 2 aromatic carbocycles. The highest BCUT2D eigenvalue weighted by Gasteiger charge is 2.35. The number of hydrogen-bond acceptors (Lipinski definition) is 5. The monoisotopic (exact) mass is 462 g/mol. The number of aliphatic hydroxyl groups is 1. The molecule has 0 bridgehead atoms. The van der Waals surface area contributed by atoms with E-state index in [9.17, 15) is 22.7 Å². The maximum absolute atomic E-state index is 13.1. The Morgan fingerprint density at radius 2 is 1.84 bits per heavy atom. The number of ether oxygens (including phenoxy) is 1. The highest BCUT2D eigenvalue weighted by molar-refractivity contribution is 7.89. The number of amides is 1. The summed E-state index contributed by atoms with van der Waals surface area (Å²) in [6.45, 7) is 0.857. The summed E-state index contributed by atoms with van der Waals surface area (Å²) in [5.74, 6) is -0.533. The molecule has 4 rings (SSSR count). The largest absolute Gasteiger partial charge is 0.394 e. The Balaban J connectivity index is 1.34. The molecule has 32 heavy (non-hydrogen) atoms. The van der Waals surface area contributed by atoms with E-state index >= 15 is 0 Å². The third-order valence-electron chi connectivity index (χ3n) is 6.11. The van der Waals surface area contributed by atoms with Crippen LogP contribution in [0, 0.1) is 5.82 Å². The normalized spacial score (nSPS) is 23.6. The molecule has 1 fully saturated rings. The zero-order valence-corrected chi connectivity index (χ0v) is 18.4. The van der Waals surface area contributed by atoms with Crippen LogP contribution in [0.2, 0.25) is 0 Å². The number of carbonyl (C=O) groups is 1. The minimum absolute atomic E-state index is 0.00784. The van der Waals surface area contributed by atoms with Crippen molar-refractivity contribution in [2.75, 3.05) is 13.2 Å². The van der Waals surface area contributed by atoms with E-state index in [2.05, 4.69) is 10.8 Å². The van der Waals surface area contributed by atoms with Gasteiger partial charge in [-0.2, -0.15) is 0 Å². The average molecular weight is 463 g/mol. The van der Waals surface area contributed by atoms with Gasteiger partial charge in [0.2, 0.25) is 15.9 Å². The van der Waals surface area contributed by atoms with Gasteiger partial charge in [-0.15, -0.1) is 0 Å². The molecular formula is C23H27FN2O5S. The number of aliphatic hydroxyl groups excluding tert-OH is 1. The highest BCUT2D eigenvalue weighted by Crippen LogP contribution is 2.26. The summed E-state index contributed by atoms with van der Waals surface area (Å²) in [5.41, 5.74) is 2.42. The van der Waals surface area contributed by atoms with Crippen LogP contribution in [0.25, 0.3) is 0 Å². The van der Waals surface area contributed by atoms with Crippen LogP contribution >= 0.6 is 0 Å². The van der Waals surface area contributed by atoms with Crippen LogP contribution in [0.15, 0.2) is 53.4 Å². The van der Waals surface area contributed by atoms with E-state index in [4.69, 9.17) is 4.74 Å². The van der Waals surface area contributed by atoms with Crippen molar-refractivity contribution in [3.63, 3.8) is 0 Å². The predicted molar refractivity (Wildman–Crippen MR) is 116 cm³/mol. The molecule has 2 N–H and O–H groups in total. The summed E-state index contributed by atoms with van der Waals surface area (Å²) < 4.78 is 46.8.